The van der Waals surface area contributed by atoms with E-state index in [1.807, 2.05) is 30.3 Å². The number of rotatable bonds is 10. The number of nitrogens with zero attached hydrogens (tertiary/aromatic N) is 1. The molecule has 1 aromatic carbocycles. The quantitative estimate of drug-likeness (QED) is 0.669. The van der Waals surface area contributed by atoms with Crippen LogP contribution in [0.25, 0.3) is 0 Å². The molecule has 1 rings (SSSR count). The molecule has 0 aliphatic carbocycles. The molecule has 5 nitrogen and oxygen atoms in total. The number of aliphatic hydroxyl groups is 1. The van der Waals surface area contributed by atoms with Crippen molar-refractivity contribution >= 4 is 11.9 Å². The van der Waals surface area contributed by atoms with Gasteiger partial charge in [0, 0.05) is 26.1 Å². The topological polar surface area (TPSA) is 66.8 Å². The van der Waals surface area contributed by atoms with Gasteiger partial charge in [-0.05, 0) is 25.3 Å². The summed E-state index contributed by atoms with van der Waals surface area (Å²) < 4.78 is 4.88. The molecule has 0 saturated heterocycles. The van der Waals surface area contributed by atoms with E-state index >= 15 is 0 Å². The Morgan fingerprint density at radius 2 is 1.86 bits per heavy atom. The fourth-order valence-electron chi connectivity index (χ4n) is 2.14. The van der Waals surface area contributed by atoms with E-state index < -0.39 is 0 Å². The molecule has 0 bridgehead atoms. The lowest BCUT2D eigenvalue weighted by molar-refractivity contribution is -0.144. The number of hydrogen-bond donors (Lipinski definition) is 1. The lowest BCUT2D eigenvalue weighted by Crippen LogP contribution is -2.34. The van der Waals surface area contributed by atoms with E-state index in [1.165, 1.54) is 0 Å². The number of benzene rings is 1. The van der Waals surface area contributed by atoms with Crippen molar-refractivity contribution < 1.29 is 19.4 Å². The maximum atomic E-state index is 12.3. The maximum Gasteiger partial charge on any atom is 0.307 e. The average molecular weight is 307 g/mol. The number of hydrogen-bond acceptors (Lipinski definition) is 4. The van der Waals surface area contributed by atoms with E-state index in [9.17, 15) is 9.59 Å². The third kappa shape index (κ3) is 7.22. The predicted molar refractivity (Wildman–Crippen MR) is 84.3 cm³/mol. The highest BCUT2D eigenvalue weighted by atomic mass is 16.5. The Kier molecular flexibility index (Phi) is 8.91. The number of carbonyl (C=O) groups excluding carboxylic acids is 2. The van der Waals surface area contributed by atoms with E-state index in [1.54, 1.807) is 11.8 Å². The first-order valence-corrected chi connectivity index (χ1v) is 7.75. The second-order valence-corrected chi connectivity index (χ2v) is 5.00. The van der Waals surface area contributed by atoms with Crippen LogP contribution in [0.3, 0.4) is 0 Å². The van der Waals surface area contributed by atoms with E-state index in [0.29, 0.717) is 39.0 Å². The zero-order chi connectivity index (χ0) is 16.2. The summed E-state index contributed by atoms with van der Waals surface area (Å²) in [6, 6.07) is 9.82. The van der Waals surface area contributed by atoms with Gasteiger partial charge in [0.1, 0.15) is 0 Å². The van der Waals surface area contributed by atoms with Crippen LogP contribution in [0.2, 0.25) is 0 Å². The van der Waals surface area contributed by atoms with Crippen LogP contribution in [0.15, 0.2) is 30.3 Å². The molecule has 22 heavy (non-hydrogen) atoms. The molecule has 1 aromatic rings. The second kappa shape index (κ2) is 10.8. The smallest absolute Gasteiger partial charge is 0.307 e. The molecule has 0 aliphatic heterocycles. The summed E-state index contributed by atoms with van der Waals surface area (Å²) in [5, 5.41) is 8.94. The molecular formula is C17H25NO4. The SMILES string of the molecule is CCOC(=O)CCN(CCCO)C(=O)CCc1ccccc1. The first kappa shape index (κ1) is 18.2. The van der Waals surface area contributed by atoms with E-state index in [2.05, 4.69) is 0 Å². The molecule has 0 aliphatic rings. The van der Waals surface area contributed by atoms with Crippen LogP contribution in [-0.2, 0) is 20.7 Å². The Bertz CT molecular complexity index is 447. The highest BCUT2D eigenvalue weighted by Gasteiger charge is 2.15. The summed E-state index contributed by atoms with van der Waals surface area (Å²) in [5.41, 5.74) is 1.11. The summed E-state index contributed by atoms with van der Waals surface area (Å²) >= 11 is 0. The number of amides is 1. The van der Waals surface area contributed by atoms with Gasteiger partial charge in [-0.3, -0.25) is 9.59 Å². The zero-order valence-corrected chi connectivity index (χ0v) is 13.2. The van der Waals surface area contributed by atoms with Crippen LogP contribution in [0.4, 0.5) is 0 Å². The molecule has 0 radical (unpaired) electrons. The molecule has 122 valence electrons. The van der Waals surface area contributed by atoms with Gasteiger partial charge in [-0.1, -0.05) is 30.3 Å². The Labute approximate surface area is 131 Å². The van der Waals surface area contributed by atoms with Gasteiger partial charge in [-0.25, -0.2) is 0 Å². The third-order valence-electron chi connectivity index (χ3n) is 3.30. The molecule has 0 unspecified atom stereocenters. The standard InChI is InChI=1S/C17H25NO4/c1-2-22-17(21)11-13-18(12-6-14-19)16(20)10-9-15-7-4-3-5-8-15/h3-5,7-8,19H,2,6,9-14H2,1H3. The van der Waals surface area contributed by atoms with Crippen molar-refractivity contribution in [1.82, 2.24) is 4.90 Å². The van der Waals surface area contributed by atoms with Crippen molar-refractivity contribution in [3.8, 4) is 0 Å². The van der Waals surface area contributed by atoms with Gasteiger partial charge in [-0.2, -0.15) is 0 Å². The van der Waals surface area contributed by atoms with Crippen LogP contribution < -0.4 is 0 Å². The van der Waals surface area contributed by atoms with Crippen LogP contribution >= 0.6 is 0 Å². The second-order valence-electron chi connectivity index (χ2n) is 5.00. The van der Waals surface area contributed by atoms with Crippen LogP contribution in [0, 0.1) is 0 Å². The van der Waals surface area contributed by atoms with E-state index in [4.69, 9.17) is 9.84 Å². The third-order valence-corrected chi connectivity index (χ3v) is 3.30. The molecule has 0 atom stereocenters. The van der Waals surface area contributed by atoms with Crippen molar-refractivity contribution in [2.24, 2.45) is 0 Å². The largest absolute Gasteiger partial charge is 0.466 e. The van der Waals surface area contributed by atoms with Gasteiger partial charge >= 0.3 is 5.97 Å². The zero-order valence-electron chi connectivity index (χ0n) is 13.2. The average Bonchev–Trinajstić information content (AvgIpc) is 2.54. The summed E-state index contributed by atoms with van der Waals surface area (Å²) in [4.78, 5) is 25.3. The minimum Gasteiger partial charge on any atom is -0.466 e. The monoisotopic (exact) mass is 307 g/mol. The number of ether oxygens (including phenoxy) is 1. The first-order valence-electron chi connectivity index (χ1n) is 7.75. The van der Waals surface area contributed by atoms with E-state index in [0.717, 1.165) is 5.56 Å². The molecule has 1 N–H and O–H groups in total. The predicted octanol–water partition coefficient (Wildman–Crippen LogP) is 1.78. The van der Waals surface area contributed by atoms with Gasteiger partial charge in [0.25, 0.3) is 0 Å². The van der Waals surface area contributed by atoms with E-state index in [-0.39, 0.29) is 24.9 Å². The number of aliphatic hydroxyl groups excluding tert-OH is 1. The molecule has 0 saturated carbocycles. The Balaban J connectivity index is 2.46. The van der Waals surface area contributed by atoms with Gasteiger partial charge in [0.05, 0.1) is 13.0 Å². The van der Waals surface area contributed by atoms with Crippen molar-refractivity contribution in [2.45, 2.75) is 32.6 Å². The first-order chi connectivity index (χ1) is 10.7. The van der Waals surface area contributed by atoms with Gasteiger partial charge in [-0.15, -0.1) is 0 Å². The molecule has 5 heteroatoms. The Morgan fingerprint density at radius 1 is 1.14 bits per heavy atom. The fraction of sp³-hybridized carbons (Fsp3) is 0.529. The van der Waals surface area contributed by atoms with Crippen LogP contribution in [0.1, 0.15) is 31.7 Å². The summed E-state index contributed by atoms with van der Waals surface area (Å²) in [6.45, 7) is 2.93. The molecule has 0 aromatic heterocycles. The molecule has 0 heterocycles. The number of carbonyl (C=O) groups is 2. The summed E-state index contributed by atoms with van der Waals surface area (Å²) in [6.07, 6.45) is 1.78. The van der Waals surface area contributed by atoms with Gasteiger partial charge in [0.15, 0.2) is 0 Å². The van der Waals surface area contributed by atoms with Crippen molar-refractivity contribution in [2.75, 3.05) is 26.3 Å². The Hall–Kier alpha value is -1.88. The number of esters is 1. The highest BCUT2D eigenvalue weighted by molar-refractivity contribution is 5.77. The van der Waals surface area contributed by atoms with Crippen molar-refractivity contribution in [3.05, 3.63) is 35.9 Å². The van der Waals surface area contributed by atoms with Crippen molar-refractivity contribution in [1.29, 1.82) is 0 Å². The molecule has 0 fully saturated rings. The van der Waals surface area contributed by atoms with Gasteiger partial charge < -0.3 is 14.7 Å². The lowest BCUT2D eigenvalue weighted by Gasteiger charge is -2.22. The van der Waals surface area contributed by atoms with Crippen LogP contribution in [-0.4, -0.2) is 48.2 Å². The fourth-order valence-corrected chi connectivity index (χ4v) is 2.14. The summed E-state index contributed by atoms with van der Waals surface area (Å²) in [7, 11) is 0. The lowest BCUT2D eigenvalue weighted by atomic mass is 10.1. The minimum atomic E-state index is -0.299. The van der Waals surface area contributed by atoms with Gasteiger partial charge in [0.2, 0.25) is 5.91 Å². The molecular weight excluding hydrogens is 282 g/mol. The summed E-state index contributed by atoms with van der Waals surface area (Å²) in [5.74, 6) is -0.297. The highest BCUT2D eigenvalue weighted by Crippen LogP contribution is 2.06. The maximum absolute atomic E-state index is 12.3. The minimum absolute atomic E-state index is 0.00148. The molecule has 1 amide bonds. The Morgan fingerprint density at radius 3 is 2.50 bits per heavy atom. The van der Waals surface area contributed by atoms with Crippen molar-refractivity contribution in [3.63, 3.8) is 0 Å². The molecule has 0 spiro atoms. The van der Waals surface area contributed by atoms with Crippen LogP contribution in [0.5, 0.6) is 0 Å². The number of aryl methyl sites for hydroxylation is 1. The normalized spacial score (nSPS) is 10.3.